The van der Waals surface area contributed by atoms with Crippen molar-refractivity contribution in [1.82, 2.24) is 0 Å². The molecule has 4 fully saturated rings. The summed E-state index contributed by atoms with van der Waals surface area (Å²) in [5.74, 6) is 5.99. The van der Waals surface area contributed by atoms with Gasteiger partial charge in [-0.15, -0.1) is 0 Å². The lowest BCUT2D eigenvalue weighted by molar-refractivity contribution is 0.233. The standard InChI is InChI=1S/C31H50Si/c1-21-20-28-25(23-14-17-24(18-15-23)31(2,3)4)12-9-13-27(28)30(21)32(5,6)29-19-16-22-10-7-8-11-26(22)29/h14-15,17-18,21-22,25-30H,7-13,16,19-20H2,1-6H3. The highest BCUT2D eigenvalue weighted by Gasteiger charge is 2.56. The van der Waals surface area contributed by atoms with Gasteiger partial charge in [-0.25, -0.2) is 0 Å². The van der Waals surface area contributed by atoms with Gasteiger partial charge in [-0.2, -0.15) is 0 Å². The average molecular weight is 451 g/mol. The van der Waals surface area contributed by atoms with E-state index in [1.54, 1.807) is 31.2 Å². The topological polar surface area (TPSA) is 0 Å². The van der Waals surface area contributed by atoms with Gasteiger partial charge in [0.1, 0.15) is 0 Å². The Kier molecular flexibility index (Phi) is 6.22. The van der Waals surface area contributed by atoms with Crippen LogP contribution in [0.3, 0.4) is 0 Å². The Balaban J connectivity index is 1.38. The summed E-state index contributed by atoms with van der Waals surface area (Å²) in [6, 6.07) is 9.90. The molecule has 8 atom stereocenters. The third-order valence-corrected chi connectivity index (χ3v) is 16.5. The largest absolute Gasteiger partial charge is 0.0689 e. The molecule has 32 heavy (non-hydrogen) atoms. The fourth-order valence-corrected chi connectivity index (χ4v) is 16.0. The number of hydrogen-bond donors (Lipinski definition) is 0. The quantitative estimate of drug-likeness (QED) is 0.402. The third-order valence-electron chi connectivity index (χ3n) is 11.2. The molecule has 4 aliphatic rings. The molecule has 0 spiro atoms. The van der Waals surface area contributed by atoms with Gasteiger partial charge in [-0.05, 0) is 76.0 Å². The first-order chi connectivity index (χ1) is 15.2. The molecule has 0 aliphatic heterocycles. The molecule has 0 bridgehead atoms. The van der Waals surface area contributed by atoms with Crippen LogP contribution < -0.4 is 0 Å². The molecule has 0 nitrogen and oxygen atoms in total. The Morgan fingerprint density at radius 2 is 1.44 bits per heavy atom. The molecule has 5 rings (SSSR count). The van der Waals surface area contributed by atoms with Crippen molar-refractivity contribution in [2.75, 3.05) is 0 Å². The minimum atomic E-state index is -1.28. The van der Waals surface area contributed by atoms with Crippen LogP contribution in [0.4, 0.5) is 0 Å². The molecular formula is C31H50Si. The zero-order chi connectivity index (χ0) is 22.7. The predicted molar refractivity (Wildman–Crippen MR) is 142 cm³/mol. The zero-order valence-electron chi connectivity index (χ0n) is 22.0. The van der Waals surface area contributed by atoms with Gasteiger partial charge in [0.25, 0.3) is 0 Å². The van der Waals surface area contributed by atoms with Crippen LogP contribution in [0.2, 0.25) is 24.2 Å². The number of fused-ring (bicyclic) bond motifs is 2. The van der Waals surface area contributed by atoms with Gasteiger partial charge < -0.3 is 0 Å². The molecule has 8 unspecified atom stereocenters. The van der Waals surface area contributed by atoms with Crippen molar-refractivity contribution in [1.29, 1.82) is 0 Å². The van der Waals surface area contributed by atoms with E-state index in [9.17, 15) is 0 Å². The zero-order valence-corrected chi connectivity index (χ0v) is 23.0. The van der Waals surface area contributed by atoms with Gasteiger partial charge in [0, 0.05) is 0 Å². The van der Waals surface area contributed by atoms with E-state index in [2.05, 4.69) is 65.1 Å². The molecule has 0 heterocycles. The van der Waals surface area contributed by atoms with Crippen LogP contribution in [0.5, 0.6) is 0 Å². The molecule has 1 aromatic carbocycles. The molecule has 4 aliphatic carbocycles. The van der Waals surface area contributed by atoms with E-state index in [0.29, 0.717) is 0 Å². The van der Waals surface area contributed by atoms with E-state index in [1.165, 1.54) is 44.1 Å². The lowest BCUT2D eigenvalue weighted by Gasteiger charge is -2.47. The van der Waals surface area contributed by atoms with E-state index in [4.69, 9.17) is 0 Å². The summed E-state index contributed by atoms with van der Waals surface area (Å²) in [5, 5.41) is 0. The first-order valence-electron chi connectivity index (χ1n) is 14.3. The maximum atomic E-state index is 2.86. The Bertz CT molecular complexity index is 784. The first kappa shape index (κ1) is 23.2. The minimum Gasteiger partial charge on any atom is -0.0689 e. The fraction of sp³-hybridized carbons (Fsp3) is 0.806. The minimum absolute atomic E-state index is 0.258. The van der Waals surface area contributed by atoms with Gasteiger partial charge in [-0.3, -0.25) is 0 Å². The first-order valence-corrected chi connectivity index (χ1v) is 17.4. The molecule has 178 valence electrons. The lowest BCUT2D eigenvalue weighted by atomic mass is 9.70. The van der Waals surface area contributed by atoms with E-state index >= 15 is 0 Å². The Hall–Kier alpha value is -0.563. The highest BCUT2D eigenvalue weighted by molar-refractivity contribution is 6.80. The number of hydrogen-bond acceptors (Lipinski definition) is 0. The summed E-state index contributed by atoms with van der Waals surface area (Å²) in [5.41, 5.74) is 5.62. The maximum absolute atomic E-state index is 2.86. The van der Waals surface area contributed by atoms with Crippen molar-refractivity contribution < 1.29 is 0 Å². The van der Waals surface area contributed by atoms with Crippen molar-refractivity contribution in [3.63, 3.8) is 0 Å². The smallest absolute Gasteiger partial charge is 0.0544 e. The van der Waals surface area contributed by atoms with Crippen molar-refractivity contribution in [3.05, 3.63) is 35.4 Å². The van der Waals surface area contributed by atoms with Crippen LogP contribution in [0.15, 0.2) is 24.3 Å². The second-order valence-electron chi connectivity index (χ2n) is 14.2. The SMILES string of the molecule is CC1CC2C(c3ccc(C(C)(C)C)cc3)CCCC2C1[Si](C)(C)C1CCC2CCCCC21. The molecule has 0 saturated heterocycles. The average Bonchev–Trinajstić information content (AvgIpc) is 3.34. The highest BCUT2D eigenvalue weighted by atomic mass is 28.3. The summed E-state index contributed by atoms with van der Waals surface area (Å²) >= 11 is 0. The highest BCUT2D eigenvalue weighted by Crippen LogP contribution is 2.64. The molecule has 0 radical (unpaired) electrons. The van der Waals surface area contributed by atoms with Crippen molar-refractivity contribution in [2.45, 2.75) is 127 Å². The molecule has 1 aromatic rings. The fourth-order valence-electron chi connectivity index (χ4n) is 9.92. The lowest BCUT2D eigenvalue weighted by Crippen LogP contribution is -2.45. The van der Waals surface area contributed by atoms with Gasteiger partial charge >= 0.3 is 0 Å². The maximum Gasteiger partial charge on any atom is 0.0544 e. The summed E-state index contributed by atoms with van der Waals surface area (Å²) in [7, 11) is -1.28. The molecular weight excluding hydrogens is 400 g/mol. The normalized spacial score (nSPS) is 40.2. The molecule has 0 N–H and O–H groups in total. The van der Waals surface area contributed by atoms with Crippen LogP contribution >= 0.6 is 0 Å². The Morgan fingerprint density at radius 1 is 0.750 bits per heavy atom. The van der Waals surface area contributed by atoms with Crippen molar-refractivity contribution in [2.24, 2.45) is 29.6 Å². The number of rotatable bonds is 3. The number of benzene rings is 1. The van der Waals surface area contributed by atoms with Crippen molar-refractivity contribution in [3.8, 4) is 0 Å². The molecule has 1 heteroatoms. The van der Waals surface area contributed by atoms with Crippen molar-refractivity contribution >= 4 is 8.07 Å². The van der Waals surface area contributed by atoms with Crippen LogP contribution in [0.25, 0.3) is 0 Å². The summed E-state index contributed by atoms with van der Waals surface area (Å²) in [6.07, 6.45) is 15.3. The predicted octanol–water partition coefficient (Wildman–Crippen LogP) is 9.57. The summed E-state index contributed by atoms with van der Waals surface area (Å²) in [4.78, 5) is 0. The molecule has 0 amide bonds. The van der Waals surface area contributed by atoms with E-state index in [-0.39, 0.29) is 5.41 Å². The molecule has 4 saturated carbocycles. The van der Waals surface area contributed by atoms with Gasteiger partial charge in [0.2, 0.25) is 0 Å². The van der Waals surface area contributed by atoms with Crippen LogP contribution in [0.1, 0.15) is 109 Å². The summed E-state index contributed by atoms with van der Waals surface area (Å²) in [6.45, 7) is 15.4. The van der Waals surface area contributed by atoms with E-state index < -0.39 is 8.07 Å². The molecule has 0 aromatic heterocycles. The third kappa shape index (κ3) is 3.97. The van der Waals surface area contributed by atoms with Crippen LogP contribution in [-0.2, 0) is 5.41 Å². The second-order valence-corrected chi connectivity index (χ2v) is 19.2. The van der Waals surface area contributed by atoms with Gasteiger partial charge in [0.05, 0.1) is 8.07 Å². The van der Waals surface area contributed by atoms with E-state index in [0.717, 1.165) is 46.6 Å². The second kappa shape index (κ2) is 8.58. The van der Waals surface area contributed by atoms with E-state index in [1.807, 2.05) is 0 Å². The van der Waals surface area contributed by atoms with Crippen LogP contribution in [0, 0.1) is 29.6 Å². The Morgan fingerprint density at radius 3 is 2.16 bits per heavy atom. The van der Waals surface area contributed by atoms with Gasteiger partial charge in [-0.1, -0.05) is 116 Å². The monoisotopic (exact) mass is 450 g/mol. The summed E-state index contributed by atoms with van der Waals surface area (Å²) < 4.78 is 0. The van der Waals surface area contributed by atoms with Crippen LogP contribution in [-0.4, -0.2) is 8.07 Å². The Labute approximate surface area is 200 Å². The van der Waals surface area contributed by atoms with Gasteiger partial charge in [0.15, 0.2) is 0 Å².